The van der Waals surface area contributed by atoms with Gasteiger partial charge in [-0.05, 0) is 36.4 Å². The van der Waals surface area contributed by atoms with E-state index in [0.29, 0.717) is 5.76 Å². The Morgan fingerprint density at radius 1 is 0.824 bits per heavy atom. The minimum absolute atomic E-state index is 0.00326. The maximum atomic E-state index is 12.9. The van der Waals surface area contributed by atoms with Gasteiger partial charge < -0.3 is 24.3 Å². The Morgan fingerprint density at radius 2 is 1.35 bits per heavy atom. The van der Waals surface area contributed by atoms with Gasteiger partial charge in [0.05, 0.1) is 34.0 Å². The molecule has 11 heteroatoms. The quantitative estimate of drug-likeness (QED) is 0.420. The van der Waals surface area contributed by atoms with E-state index in [-0.39, 0.29) is 27.7 Å². The number of nitrogens with one attached hydrogen (secondary N) is 1. The smallest absolute Gasteiger partial charge is 0.349 e. The molecular weight excluding hydrogens is 489 g/mol. The van der Waals surface area contributed by atoms with E-state index in [4.69, 9.17) is 37.1 Å². The summed E-state index contributed by atoms with van der Waals surface area (Å²) in [5.41, 5.74) is -0.253. The van der Waals surface area contributed by atoms with Gasteiger partial charge in [-0.15, -0.1) is 0 Å². The van der Waals surface area contributed by atoms with Crippen molar-refractivity contribution in [2.24, 2.45) is 0 Å². The minimum Gasteiger partial charge on any atom is -0.478 e. The molecule has 0 fully saturated rings. The van der Waals surface area contributed by atoms with Crippen LogP contribution in [0.1, 0.15) is 26.5 Å². The number of carbonyl (C=O) groups excluding carboxylic acids is 3. The number of carboxylic acids is 1. The standard InChI is InChI=1S/C23H17Cl2NO8/c24-16-9-3-1-7-14(16)22(30)33-18(20(27)26-12-13-6-5-11-32-13)19(21(28)29)34-23(31)15-8-2-4-10-17(15)25/h1-11,18-19H,12H2,(H,26,27)(H,28,29)/t18-,19-/m0/s1. The van der Waals surface area contributed by atoms with Crippen LogP contribution in [0.15, 0.2) is 71.3 Å². The lowest BCUT2D eigenvalue weighted by molar-refractivity contribution is -0.159. The zero-order valence-electron chi connectivity index (χ0n) is 17.3. The molecule has 3 rings (SSSR count). The summed E-state index contributed by atoms with van der Waals surface area (Å²) in [4.78, 5) is 50.1. The molecule has 1 aromatic heterocycles. The largest absolute Gasteiger partial charge is 0.478 e. The molecule has 0 saturated carbocycles. The average Bonchev–Trinajstić information content (AvgIpc) is 3.33. The topological polar surface area (TPSA) is 132 Å². The van der Waals surface area contributed by atoms with Gasteiger partial charge in [-0.3, -0.25) is 4.79 Å². The van der Waals surface area contributed by atoms with E-state index in [1.165, 1.54) is 42.7 Å². The molecule has 0 saturated heterocycles. The highest BCUT2D eigenvalue weighted by Crippen LogP contribution is 2.21. The number of halogens is 2. The highest BCUT2D eigenvalue weighted by Gasteiger charge is 2.41. The first-order valence-electron chi connectivity index (χ1n) is 9.72. The second kappa shape index (κ2) is 11.4. The van der Waals surface area contributed by atoms with Crippen molar-refractivity contribution in [2.75, 3.05) is 0 Å². The monoisotopic (exact) mass is 505 g/mol. The predicted octanol–water partition coefficient (Wildman–Crippen LogP) is 3.74. The fourth-order valence-corrected chi connectivity index (χ4v) is 3.22. The second-order valence-electron chi connectivity index (χ2n) is 6.75. The van der Waals surface area contributed by atoms with E-state index in [9.17, 15) is 24.3 Å². The van der Waals surface area contributed by atoms with Crippen molar-refractivity contribution < 1.29 is 38.2 Å². The van der Waals surface area contributed by atoms with Gasteiger partial charge in [-0.2, -0.15) is 0 Å². The van der Waals surface area contributed by atoms with E-state index in [2.05, 4.69) is 5.32 Å². The predicted molar refractivity (Wildman–Crippen MR) is 120 cm³/mol. The highest BCUT2D eigenvalue weighted by molar-refractivity contribution is 6.34. The number of amides is 1. The molecule has 9 nitrogen and oxygen atoms in total. The molecular formula is C23H17Cl2NO8. The van der Waals surface area contributed by atoms with Crippen LogP contribution in [0.4, 0.5) is 0 Å². The number of carbonyl (C=O) groups is 4. The molecule has 3 aromatic rings. The number of rotatable bonds is 9. The summed E-state index contributed by atoms with van der Waals surface area (Å²) in [6, 6.07) is 14.7. The first kappa shape index (κ1) is 24.8. The van der Waals surface area contributed by atoms with Crippen molar-refractivity contribution in [1.82, 2.24) is 5.32 Å². The molecule has 2 atom stereocenters. The minimum atomic E-state index is -2.20. The van der Waals surface area contributed by atoms with Crippen molar-refractivity contribution in [1.29, 1.82) is 0 Å². The zero-order chi connectivity index (χ0) is 24.7. The lowest BCUT2D eigenvalue weighted by atomic mass is 10.1. The fraction of sp³-hybridized carbons (Fsp3) is 0.130. The second-order valence-corrected chi connectivity index (χ2v) is 7.56. The molecule has 0 aliphatic heterocycles. The number of benzene rings is 2. The normalized spacial score (nSPS) is 12.3. The van der Waals surface area contributed by atoms with E-state index in [1.54, 1.807) is 24.3 Å². The summed E-state index contributed by atoms with van der Waals surface area (Å²) in [7, 11) is 0. The maximum absolute atomic E-state index is 12.9. The number of esters is 2. The SMILES string of the molecule is O=C(O[C@H](C(=O)O)[C@H](OC(=O)c1ccccc1Cl)C(=O)NCc1ccco1)c1ccccc1Cl. The Hall–Kier alpha value is -3.82. The number of carboxylic acid groups (broad SMARTS) is 1. The van der Waals surface area contributed by atoms with Gasteiger partial charge in [0.1, 0.15) is 5.76 Å². The molecule has 0 spiro atoms. The van der Waals surface area contributed by atoms with Crippen molar-refractivity contribution in [3.8, 4) is 0 Å². The molecule has 0 bridgehead atoms. The average molecular weight is 506 g/mol. The summed E-state index contributed by atoms with van der Waals surface area (Å²) in [5.74, 6) is -4.65. The van der Waals surface area contributed by atoms with E-state index >= 15 is 0 Å². The van der Waals surface area contributed by atoms with Crippen LogP contribution < -0.4 is 5.32 Å². The number of ether oxygens (including phenoxy) is 2. The maximum Gasteiger partial charge on any atom is 0.349 e. The summed E-state index contributed by atoms with van der Waals surface area (Å²) >= 11 is 12.0. The summed E-state index contributed by atoms with van der Waals surface area (Å²) in [5, 5.41) is 12.1. The molecule has 0 unspecified atom stereocenters. The van der Waals surface area contributed by atoms with Crippen LogP contribution >= 0.6 is 23.2 Å². The summed E-state index contributed by atoms with van der Waals surface area (Å²) < 4.78 is 15.3. The van der Waals surface area contributed by atoms with Crippen LogP contribution in [0.25, 0.3) is 0 Å². The Kier molecular flexibility index (Phi) is 8.29. The molecule has 2 aromatic carbocycles. The third kappa shape index (κ3) is 6.15. The Balaban J connectivity index is 1.88. The van der Waals surface area contributed by atoms with Gasteiger partial charge in [-0.1, -0.05) is 47.5 Å². The fourth-order valence-electron chi connectivity index (χ4n) is 2.79. The molecule has 1 heterocycles. The first-order chi connectivity index (χ1) is 16.3. The van der Waals surface area contributed by atoms with Crippen LogP contribution in [0.5, 0.6) is 0 Å². The van der Waals surface area contributed by atoms with Gasteiger partial charge in [0.2, 0.25) is 12.2 Å². The van der Waals surface area contributed by atoms with Crippen LogP contribution in [-0.2, 0) is 25.6 Å². The van der Waals surface area contributed by atoms with E-state index < -0.39 is 36.0 Å². The number of hydrogen-bond acceptors (Lipinski definition) is 7. The molecule has 0 radical (unpaired) electrons. The lowest BCUT2D eigenvalue weighted by Gasteiger charge is -2.23. The molecule has 2 N–H and O–H groups in total. The van der Waals surface area contributed by atoms with Gasteiger partial charge in [0.25, 0.3) is 5.91 Å². The molecule has 176 valence electrons. The Bertz CT molecular complexity index is 1200. The first-order valence-corrected chi connectivity index (χ1v) is 10.5. The van der Waals surface area contributed by atoms with Crippen molar-refractivity contribution in [3.05, 3.63) is 93.9 Å². The molecule has 0 aliphatic carbocycles. The zero-order valence-corrected chi connectivity index (χ0v) is 18.8. The number of hydrogen-bond donors (Lipinski definition) is 2. The van der Waals surface area contributed by atoms with Crippen LogP contribution in [0.3, 0.4) is 0 Å². The van der Waals surface area contributed by atoms with Crippen LogP contribution in [-0.4, -0.2) is 41.1 Å². The molecule has 1 amide bonds. The Morgan fingerprint density at radius 3 is 1.82 bits per heavy atom. The highest BCUT2D eigenvalue weighted by atomic mass is 35.5. The molecule has 0 aliphatic rings. The molecule has 34 heavy (non-hydrogen) atoms. The third-order valence-electron chi connectivity index (χ3n) is 4.45. The summed E-state index contributed by atoms with van der Waals surface area (Å²) in [6.45, 7) is -0.142. The van der Waals surface area contributed by atoms with Crippen LogP contribution in [0, 0.1) is 0 Å². The van der Waals surface area contributed by atoms with Gasteiger partial charge in [-0.25, -0.2) is 14.4 Å². The lowest BCUT2D eigenvalue weighted by Crippen LogP contribution is -2.50. The van der Waals surface area contributed by atoms with Crippen LogP contribution in [0.2, 0.25) is 10.0 Å². The van der Waals surface area contributed by atoms with Crippen molar-refractivity contribution in [3.63, 3.8) is 0 Å². The van der Waals surface area contributed by atoms with Gasteiger partial charge >= 0.3 is 17.9 Å². The summed E-state index contributed by atoms with van der Waals surface area (Å²) in [6.07, 6.45) is -2.89. The number of furan rings is 1. The van der Waals surface area contributed by atoms with Crippen molar-refractivity contribution >= 4 is 47.0 Å². The van der Waals surface area contributed by atoms with E-state index in [1.807, 2.05) is 0 Å². The van der Waals surface area contributed by atoms with Crippen molar-refractivity contribution in [2.45, 2.75) is 18.8 Å². The Labute approximate surface area is 203 Å². The van der Waals surface area contributed by atoms with E-state index in [0.717, 1.165) is 0 Å². The van der Waals surface area contributed by atoms with Gasteiger partial charge in [0.15, 0.2) is 0 Å². The third-order valence-corrected chi connectivity index (χ3v) is 5.11. The van der Waals surface area contributed by atoms with Gasteiger partial charge in [0, 0.05) is 0 Å². The number of aliphatic carboxylic acids is 1.